The molecule has 0 amide bonds. The van der Waals surface area contributed by atoms with Crippen molar-refractivity contribution in [2.75, 3.05) is 27.4 Å². The van der Waals surface area contributed by atoms with Crippen LogP contribution in [0.4, 0.5) is 0 Å². The largest absolute Gasteiger partial charge is 0.385 e. The van der Waals surface area contributed by atoms with Gasteiger partial charge in [0.2, 0.25) is 0 Å². The molecule has 0 aliphatic heterocycles. The van der Waals surface area contributed by atoms with E-state index in [1.165, 1.54) is 25.7 Å². The summed E-state index contributed by atoms with van der Waals surface area (Å²) in [6, 6.07) is 0.435. The Bertz CT molecular complexity index is 167. The van der Waals surface area contributed by atoms with E-state index in [1.54, 1.807) is 14.2 Å². The van der Waals surface area contributed by atoms with Crippen LogP contribution in [0.3, 0.4) is 0 Å². The summed E-state index contributed by atoms with van der Waals surface area (Å²) in [7, 11) is 3.54. The van der Waals surface area contributed by atoms with E-state index < -0.39 is 0 Å². The normalized spacial score (nSPS) is 21.8. The molecule has 1 atom stereocenters. The van der Waals surface area contributed by atoms with Crippen LogP contribution in [-0.4, -0.2) is 39.0 Å². The number of ether oxygens (including phenoxy) is 2. The number of nitrogens with one attached hydrogen (secondary N) is 1. The summed E-state index contributed by atoms with van der Waals surface area (Å²) in [6.07, 6.45) is 6.37. The number of methoxy groups -OCH3 is 2. The van der Waals surface area contributed by atoms with Gasteiger partial charge in [-0.25, -0.2) is 0 Å². The summed E-state index contributed by atoms with van der Waals surface area (Å²) in [5.41, 5.74) is 0.313. The Morgan fingerprint density at radius 3 is 2.40 bits per heavy atom. The first-order chi connectivity index (χ1) is 7.22. The van der Waals surface area contributed by atoms with Crippen molar-refractivity contribution in [2.24, 2.45) is 0 Å². The summed E-state index contributed by atoms with van der Waals surface area (Å²) >= 11 is 0. The van der Waals surface area contributed by atoms with Gasteiger partial charge < -0.3 is 14.8 Å². The van der Waals surface area contributed by atoms with Crippen LogP contribution >= 0.6 is 0 Å². The summed E-state index contributed by atoms with van der Waals surface area (Å²) in [4.78, 5) is 0. The van der Waals surface area contributed by atoms with Crippen LogP contribution in [0.2, 0.25) is 0 Å². The number of hydrogen-bond donors (Lipinski definition) is 1. The molecular formula is C12H25NO2. The topological polar surface area (TPSA) is 30.5 Å². The summed E-state index contributed by atoms with van der Waals surface area (Å²) in [5.74, 6) is 0. The van der Waals surface area contributed by atoms with Gasteiger partial charge in [0.15, 0.2) is 0 Å². The highest BCUT2D eigenvalue weighted by Gasteiger charge is 2.34. The zero-order chi connectivity index (χ0) is 11.1. The first-order valence-corrected chi connectivity index (χ1v) is 5.98. The van der Waals surface area contributed by atoms with Gasteiger partial charge in [0.05, 0.1) is 6.61 Å². The third-order valence-corrected chi connectivity index (χ3v) is 3.31. The van der Waals surface area contributed by atoms with E-state index >= 15 is 0 Å². The van der Waals surface area contributed by atoms with Gasteiger partial charge in [-0.1, -0.05) is 12.8 Å². The minimum atomic E-state index is 0.313. The Kier molecular flexibility index (Phi) is 5.58. The maximum Gasteiger partial charge on any atom is 0.0613 e. The van der Waals surface area contributed by atoms with Crippen molar-refractivity contribution in [3.63, 3.8) is 0 Å². The lowest BCUT2D eigenvalue weighted by molar-refractivity contribution is 0.123. The van der Waals surface area contributed by atoms with Gasteiger partial charge in [0.25, 0.3) is 0 Å². The molecule has 1 rings (SSSR count). The molecule has 3 heteroatoms. The molecule has 0 radical (unpaired) electrons. The molecule has 0 heterocycles. The molecule has 1 saturated carbocycles. The average Bonchev–Trinajstić information content (AvgIpc) is 2.64. The summed E-state index contributed by atoms with van der Waals surface area (Å²) in [6.45, 7) is 3.83. The Balaban J connectivity index is 2.41. The third kappa shape index (κ3) is 4.09. The maximum absolute atomic E-state index is 5.20. The van der Waals surface area contributed by atoms with Crippen LogP contribution in [0.5, 0.6) is 0 Å². The second-order valence-corrected chi connectivity index (χ2v) is 4.73. The highest BCUT2D eigenvalue weighted by atomic mass is 16.5. The lowest BCUT2D eigenvalue weighted by atomic mass is 9.92. The van der Waals surface area contributed by atoms with Crippen molar-refractivity contribution in [1.82, 2.24) is 5.32 Å². The Hall–Kier alpha value is -0.120. The van der Waals surface area contributed by atoms with E-state index in [2.05, 4.69) is 12.2 Å². The zero-order valence-corrected chi connectivity index (χ0v) is 10.3. The fourth-order valence-corrected chi connectivity index (χ4v) is 2.63. The monoisotopic (exact) mass is 215 g/mol. The predicted molar refractivity (Wildman–Crippen MR) is 62.2 cm³/mol. The number of hydrogen-bond acceptors (Lipinski definition) is 3. The van der Waals surface area contributed by atoms with Crippen molar-refractivity contribution in [1.29, 1.82) is 0 Å². The van der Waals surface area contributed by atoms with Crippen LogP contribution in [0, 0.1) is 0 Å². The Morgan fingerprint density at radius 1 is 1.20 bits per heavy atom. The molecule has 1 aliphatic rings. The third-order valence-electron chi connectivity index (χ3n) is 3.31. The van der Waals surface area contributed by atoms with E-state index in [0.717, 1.165) is 19.6 Å². The van der Waals surface area contributed by atoms with Crippen LogP contribution in [0.25, 0.3) is 0 Å². The SMILES string of the molecule is COCCC1(NC(C)COC)CCCC1. The molecule has 1 aliphatic carbocycles. The highest BCUT2D eigenvalue weighted by Crippen LogP contribution is 2.33. The maximum atomic E-state index is 5.20. The van der Waals surface area contributed by atoms with Crippen LogP contribution < -0.4 is 5.32 Å². The predicted octanol–water partition coefficient (Wildman–Crippen LogP) is 1.96. The van der Waals surface area contributed by atoms with Crippen LogP contribution in [0.1, 0.15) is 39.0 Å². The van der Waals surface area contributed by atoms with Gasteiger partial charge in [-0.3, -0.25) is 0 Å². The molecule has 0 aromatic rings. The molecule has 0 spiro atoms. The molecule has 15 heavy (non-hydrogen) atoms. The molecule has 0 saturated heterocycles. The van der Waals surface area contributed by atoms with E-state index in [9.17, 15) is 0 Å². The minimum Gasteiger partial charge on any atom is -0.385 e. The molecule has 1 unspecified atom stereocenters. The van der Waals surface area contributed by atoms with E-state index in [1.807, 2.05) is 0 Å². The van der Waals surface area contributed by atoms with Gasteiger partial charge >= 0.3 is 0 Å². The molecule has 3 nitrogen and oxygen atoms in total. The van der Waals surface area contributed by atoms with Crippen molar-refractivity contribution >= 4 is 0 Å². The smallest absolute Gasteiger partial charge is 0.0613 e. The first kappa shape index (κ1) is 12.9. The lowest BCUT2D eigenvalue weighted by Gasteiger charge is -2.33. The Morgan fingerprint density at radius 2 is 1.87 bits per heavy atom. The van der Waals surface area contributed by atoms with Gasteiger partial charge in [-0.2, -0.15) is 0 Å². The van der Waals surface area contributed by atoms with Gasteiger partial charge in [-0.15, -0.1) is 0 Å². The van der Waals surface area contributed by atoms with E-state index in [-0.39, 0.29) is 0 Å². The molecule has 90 valence electrons. The van der Waals surface area contributed by atoms with Crippen molar-refractivity contribution < 1.29 is 9.47 Å². The second kappa shape index (κ2) is 6.46. The first-order valence-electron chi connectivity index (χ1n) is 5.98. The van der Waals surface area contributed by atoms with E-state index in [4.69, 9.17) is 9.47 Å². The molecule has 1 fully saturated rings. The minimum absolute atomic E-state index is 0.313. The average molecular weight is 215 g/mol. The standard InChI is InChI=1S/C12H25NO2/c1-11(10-15-3)13-12(8-9-14-2)6-4-5-7-12/h11,13H,4-10H2,1-3H3. The molecule has 1 N–H and O–H groups in total. The van der Waals surface area contributed by atoms with Crippen LogP contribution in [0.15, 0.2) is 0 Å². The Labute approximate surface area is 93.5 Å². The summed E-state index contributed by atoms with van der Waals surface area (Å²) < 4.78 is 10.4. The fourth-order valence-electron chi connectivity index (χ4n) is 2.63. The molecule has 0 aromatic heterocycles. The quantitative estimate of drug-likeness (QED) is 0.704. The lowest BCUT2D eigenvalue weighted by Crippen LogP contribution is -2.49. The van der Waals surface area contributed by atoms with Gasteiger partial charge in [0, 0.05) is 32.4 Å². The van der Waals surface area contributed by atoms with Crippen molar-refractivity contribution in [2.45, 2.75) is 50.6 Å². The molecule has 0 aromatic carbocycles. The fraction of sp³-hybridized carbons (Fsp3) is 1.00. The van der Waals surface area contributed by atoms with Gasteiger partial charge in [0.1, 0.15) is 0 Å². The van der Waals surface area contributed by atoms with Crippen LogP contribution in [-0.2, 0) is 9.47 Å². The van der Waals surface area contributed by atoms with Gasteiger partial charge in [-0.05, 0) is 26.2 Å². The molecule has 0 bridgehead atoms. The highest BCUT2D eigenvalue weighted by molar-refractivity contribution is 4.94. The molecular weight excluding hydrogens is 190 g/mol. The van der Waals surface area contributed by atoms with Crippen molar-refractivity contribution in [3.05, 3.63) is 0 Å². The number of rotatable bonds is 7. The second-order valence-electron chi connectivity index (χ2n) is 4.73. The van der Waals surface area contributed by atoms with Crippen molar-refractivity contribution in [3.8, 4) is 0 Å². The van der Waals surface area contributed by atoms with E-state index in [0.29, 0.717) is 11.6 Å². The summed E-state index contributed by atoms with van der Waals surface area (Å²) in [5, 5.41) is 3.72. The zero-order valence-electron chi connectivity index (χ0n) is 10.3.